The lowest BCUT2D eigenvalue weighted by Crippen LogP contribution is -2.29. The van der Waals surface area contributed by atoms with Gasteiger partial charge in [-0.3, -0.25) is 4.79 Å². The summed E-state index contributed by atoms with van der Waals surface area (Å²) in [5, 5.41) is 3.24. The number of nitrogens with one attached hydrogen (secondary N) is 2. The number of hydrogen-bond donors (Lipinski definition) is 3. The van der Waals surface area contributed by atoms with Crippen LogP contribution in [-0.2, 0) is 6.18 Å². The van der Waals surface area contributed by atoms with E-state index >= 15 is 0 Å². The molecule has 24 heavy (non-hydrogen) atoms. The van der Waals surface area contributed by atoms with Crippen molar-refractivity contribution in [2.75, 3.05) is 13.1 Å². The number of carbonyl (C=O) groups excluding carboxylic acids is 1. The molecule has 2 aromatic rings. The van der Waals surface area contributed by atoms with Crippen molar-refractivity contribution in [1.29, 1.82) is 0 Å². The molecular formula is C16H17F4N3O. The first-order valence-electron chi connectivity index (χ1n) is 7.64. The zero-order valence-electron chi connectivity index (χ0n) is 13.0. The summed E-state index contributed by atoms with van der Waals surface area (Å²) in [6.07, 6.45) is -3.16. The number of carbonyl (C=O) groups is 1. The molecule has 1 fully saturated rings. The molecule has 1 aromatic carbocycles. The van der Waals surface area contributed by atoms with Crippen LogP contribution in [0.5, 0.6) is 0 Å². The van der Waals surface area contributed by atoms with E-state index in [0.717, 1.165) is 19.0 Å². The predicted molar refractivity (Wildman–Crippen MR) is 81.4 cm³/mol. The van der Waals surface area contributed by atoms with E-state index in [9.17, 15) is 22.4 Å². The van der Waals surface area contributed by atoms with Crippen molar-refractivity contribution < 1.29 is 22.4 Å². The number of aromatic nitrogens is 1. The molecule has 1 saturated heterocycles. The van der Waals surface area contributed by atoms with Crippen LogP contribution < -0.4 is 11.1 Å². The fourth-order valence-electron chi connectivity index (χ4n) is 3.50. The molecule has 1 unspecified atom stereocenters. The summed E-state index contributed by atoms with van der Waals surface area (Å²) >= 11 is 0. The largest absolute Gasteiger partial charge is 0.431 e. The van der Waals surface area contributed by atoms with Gasteiger partial charge in [0.1, 0.15) is 11.5 Å². The summed E-state index contributed by atoms with van der Waals surface area (Å²) < 4.78 is 54.4. The summed E-state index contributed by atoms with van der Waals surface area (Å²) in [5.74, 6) is -1.92. The van der Waals surface area contributed by atoms with Gasteiger partial charge in [-0.15, -0.1) is 0 Å². The third-order valence-corrected chi connectivity index (χ3v) is 4.57. The highest BCUT2D eigenvalue weighted by Crippen LogP contribution is 2.41. The Morgan fingerprint density at radius 1 is 1.38 bits per heavy atom. The quantitative estimate of drug-likeness (QED) is 0.733. The van der Waals surface area contributed by atoms with Crippen LogP contribution >= 0.6 is 0 Å². The number of hydrogen-bond acceptors (Lipinski definition) is 2. The smallest absolute Gasteiger partial charge is 0.366 e. The van der Waals surface area contributed by atoms with E-state index in [-0.39, 0.29) is 33.5 Å². The molecule has 1 aromatic heterocycles. The zero-order valence-corrected chi connectivity index (χ0v) is 13.0. The van der Waals surface area contributed by atoms with Crippen LogP contribution in [0.25, 0.3) is 10.9 Å². The monoisotopic (exact) mass is 343 g/mol. The highest BCUT2D eigenvalue weighted by atomic mass is 19.4. The first kappa shape index (κ1) is 16.8. The molecule has 2 heterocycles. The van der Waals surface area contributed by atoms with Crippen LogP contribution in [0, 0.1) is 12.7 Å². The standard InChI is InChI=1S/C16H17F4N3O/c1-7-11-12(8-3-2-4-22-6-8)10(17)5-9(15(21)24)13(11)23-14(7)16(18,19)20/h5,8,22-23H,2-4,6H2,1H3,(H2,21,24). The van der Waals surface area contributed by atoms with Crippen LogP contribution in [0.3, 0.4) is 0 Å². The number of primary amides is 1. The Morgan fingerprint density at radius 2 is 2.08 bits per heavy atom. The lowest BCUT2D eigenvalue weighted by molar-refractivity contribution is -0.141. The van der Waals surface area contributed by atoms with Crippen LogP contribution in [0.1, 0.15) is 45.9 Å². The highest BCUT2D eigenvalue weighted by Gasteiger charge is 2.37. The molecule has 0 spiro atoms. The maximum atomic E-state index is 14.7. The topological polar surface area (TPSA) is 70.9 Å². The SMILES string of the molecule is Cc1c(C(F)(F)F)[nH]c2c(C(N)=O)cc(F)c(C3CCCNC3)c12. The zero-order chi connectivity index (χ0) is 17.6. The highest BCUT2D eigenvalue weighted by molar-refractivity contribution is 6.07. The molecular weight excluding hydrogens is 326 g/mol. The van der Waals surface area contributed by atoms with E-state index in [1.165, 1.54) is 6.92 Å². The average Bonchev–Trinajstić information content (AvgIpc) is 2.85. The van der Waals surface area contributed by atoms with Gasteiger partial charge in [-0.25, -0.2) is 4.39 Å². The molecule has 8 heteroatoms. The molecule has 1 aliphatic heterocycles. The Hall–Kier alpha value is -2.09. The van der Waals surface area contributed by atoms with E-state index in [2.05, 4.69) is 10.3 Å². The van der Waals surface area contributed by atoms with Crippen LogP contribution in [0.4, 0.5) is 17.6 Å². The summed E-state index contributed by atoms with van der Waals surface area (Å²) in [5.41, 5.74) is 4.04. The van der Waals surface area contributed by atoms with Crippen LogP contribution in [-0.4, -0.2) is 24.0 Å². The van der Waals surface area contributed by atoms with Gasteiger partial charge in [-0.1, -0.05) is 0 Å². The molecule has 1 aliphatic rings. The Labute approximate surface area is 135 Å². The number of aryl methyl sites for hydroxylation is 1. The fourth-order valence-corrected chi connectivity index (χ4v) is 3.50. The van der Waals surface area contributed by atoms with Crippen molar-refractivity contribution in [2.45, 2.75) is 31.9 Å². The number of piperidine rings is 1. The third kappa shape index (κ3) is 2.64. The number of amides is 1. The normalized spacial score (nSPS) is 19.0. The maximum absolute atomic E-state index is 14.7. The Bertz CT molecular complexity index is 804. The molecule has 4 nitrogen and oxygen atoms in total. The molecule has 0 aliphatic carbocycles. The molecule has 0 radical (unpaired) electrons. The van der Waals surface area contributed by atoms with Crippen molar-refractivity contribution >= 4 is 16.8 Å². The van der Waals surface area contributed by atoms with Gasteiger partial charge in [0.25, 0.3) is 5.91 Å². The summed E-state index contributed by atoms with van der Waals surface area (Å²) in [4.78, 5) is 13.8. The number of nitrogens with two attached hydrogens (primary N) is 1. The van der Waals surface area contributed by atoms with E-state index < -0.39 is 23.6 Å². The van der Waals surface area contributed by atoms with Crippen molar-refractivity contribution in [3.63, 3.8) is 0 Å². The second kappa shape index (κ2) is 5.77. The van der Waals surface area contributed by atoms with E-state index in [1.54, 1.807) is 0 Å². The minimum Gasteiger partial charge on any atom is -0.366 e. The van der Waals surface area contributed by atoms with Crippen molar-refractivity contribution in [2.24, 2.45) is 5.73 Å². The Balaban J connectivity index is 2.35. The number of alkyl halides is 3. The molecule has 1 atom stereocenters. The minimum atomic E-state index is -4.63. The van der Waals surface area contributed by atoms with Gasteiger partial charge in [0.05, 0.1) is 11.1 Å². The molecule has 0 saturated carbocycles. The average molecular weight is 343 g/mol. The molecule has 1 amide bonds. The molecule has 0 bridgehead atoms. The minimum absolute atomic E-state index is 0.0469. The number of aromatic amines is 1. The second-order valence-electron chi connectivity index (χ2n) is 6.10. The van der Waals surface area contributed by atoms with Crippen molar-refractivity contribution in [3.8, 4) is 0 Å². The number of fused-ring (bicyclic) bond motifs is 1. The predicted octanol–water partition coefficient (Wildman–Crippen LogP) is 3.20. The van der Waals surface area contributed by atoms with Crippen molar-refractivity contribution in [3.05, 3.63) is 34.3 Å². The lowest BCUT2D eigenvalue weighted by atomic mass is 9.86. The number of halogens is 4. The Kier molecular flexibility index (Phi) is 4.03. The van der Waals surface area contributed by atoms with E-state index in [1.807, 2.05) is 0 Å². The maximum Gasteiger partial charge on any atom is 0.431 e. The van der Waals surface area contributed by atoms with Gasteiger partial charge in [-0.2, -0.15) is 13.2 Å². The lowest BCUT2D eigenvalue weighted by Gasteiger charge is -2.25. The van der Waals surface area contributed by atoms with Gasteiger partial charge >= 0.3 is 6.18 Å². The van der Waals surface area contributed by atoms with Gasteiger partial charge in [-0.05, 0) is 43.9 Å². The molecule has 4 N–H and O–H groups in total. The number of rotatable bonds is 2. The number of H-pyrrole nitrogens is 1. The summed E-state index contributed by atoms with van der Waals surface area (Å²) in [7, 11) is 0. The van der Waals surface area contributed by atoms with Crippen LogP contribution in [0.2, 0.25) is 0 Å². The molecule has 130 valence electrons. The van der Waals surface area contributed by atoms with Gasteiger partial charge in [0.15, 0.2) is 0 Å². The fraction of sp³-hybridized carbons (Fsp3) is 0.438. The third-order valence-electron chi connectivity index (χ3n) is 4.57. The Morgan fingerprint density at radius 3 is 2.62 bits per heavy atom. The van der Waals surface area contributed by atoms with Gasteiger partial charge in [0.2, 0.25) is 0 Å². The first-order valence-corrected chi connectivity index (χ1v) is 7.64. The van der Waals surface area contributed by atoms with Crippen molar-refractivity contribution in [1.82, 2.24) is 10.3 Å². The summed E-state index contributed by atoms with van der Waals surface area (Å²) in [6.45, 7) is 2.56. The number of benzene rings is 1. The van der Waals surface area contributed by atoms with Gasteiger partial charge < -0.3 is 16.0 Å². The van der Waals surface area contributed by atoms with E-state index in [0.29, 0.717) is 13.0 Å². The van der Waals surface area contributed by atoms with Gasteiger partial charge in [0, 0.05) is 17.5 Å². The first-order chi connectivity index (χ1) is 11.2. The van der Waals surface area contributed by atoms with E-state index in [4.69, 9.17) is 5.73 Å². The van der Waals surface area contributed by atoms with Crippen LogP contribution in [0.15, 0.2) is 6.07 Å². The summed E-state index contributed by atoms with van der Waals surface area (Å²) in [6, 6.07) is 0.935. The molecule has 3 rings (SSSR count). The second-order valence-corrected chi connectivity index (χ2v) is 6.10.